The number of carbonyl (C=O) groups is 5. The Hall–Kier alpha value is -6.33. The minimum atomic E-state index is -2.41. The first-order valence-electron chi connectivity index (χ1n) is 20.8. The van der Waals surface area contributed by atoms with Crippen LogP contribution in [0.4, 0.5) is 0 Å². The molecule has 0 amide bonds. The first kappa shape index (κ1) is 48.6. The van der Waals surface area contributed by atoms with Crippen molar-refractivity contribution in [2.45, 2.75) is 72.4 Å². The van der Waals surface area contributed by atoms with E-state index in [9.17, 15) is 24.0 Å². The van der Waals surface area contributed by atoms with Crippen LogP contribution in [0.15, 0.2) is 152 Å². The number of alkyl halides is 3. The summed E-state index contributed by atoms with van der Waals surface area (Å²) in [5, 5.41) is 8.41. The number of halogens is 3. The van der Waals surface area contributed by atoms with Gasteiger partial charge in [0, 0.05) is 6.42 Å². The van der Waals surface area contributed by atoms with Crippen LogP contribution in [0.2, 0.25) is 0 Å². The largest absolute Gasteiger partial charge is 0.454 e. The van der Waals surface area contributed by atoms with Crippen LogP contribution >= 0.6 is 34.8 Å². The predicted molar refractivity (Wildman–Crippen MR) is 241 cm³/mol. The summed E-state index contributed by atoms with van der Waals surface area (Å²) in [4.78, 5) is 68.4. The molecule has 5 aromatic rings. The van der Waals surface area contributed by atoms with Crippen LogP contribution in [0.3, 0.4) is 0 Å². The molecule has 18 heteroatoms. The third-order valence-corrected chi connectivity index (χ3v) is 10.9. The van der Waals surface area contributed by atoms with Crippen molar-refractivity contribution in [1.82, 2.24) is 0 Å². The Morgan fingerprint density at radius 1 is 0.493 bits per heavy atom. The van der Waals surface area contributed by atoms with Gasteiger partial charge in [0.1, 0.15) is 6.10 Å². The van der Waals surface area contributed by atoms with Gasteiger partial charge in [-0.05, 0) is 67.6 Å². The molecule has 0 aliphatic carbocycles. The zero-order chi connectivity index (χ0) is 47.5. The van der Waals surface area contributed by atoms with Crippen LogP contribution in [0.25, 0.3) is 0 Å². The van der Waals surface area contributed by atoms with Gasteiger partial charge in [0.2, 0.25) is 18.3 Å². The number of nitrogens with one attached hydrogen (secondary N) is 1. The van der Waals surface area contributed by atoms with Crippen LogP contribution in [0.1, 0.15) is 65.1 Å². The third kappa shape index (κ3) is 12.8. The van der Waals surface area contributed by atoms with Crippen molar-refractivity contribution in [3.8, 4) is 0 Å². The maximum absolute atomic E-state index is 13.8. The van der Waals surface area contributed by atoms with Crippen LogP contribution in [0.5, 0.6) is 0 Å². The summed E-state index contributed by atoms with van der Waals surface area (Å²) in [6.07, 6.45) is -13.2. The van der Waals surface area contributed by atoms with Gasteiger partial charge in [0.15, 0.2) is 24.6 Å². The van der Waals surface area contributed by atoms with Crippen molar-refractivity contribution < 1.29 is 66.6 Å². The minimum absolute atomic E-state index is 0.122. The zero-order valence-corrected chi connectivity index (χ0v) is 37.7. The van der Waals surface area contributed by atoms with E-state index in [0.29, 0.717) is 0 Å². The van der Waals surface area contributed by atoms with E-state index in [1.54, 1.807) is 97.9 Å². The van der Waals surface area contributed by atoms with E-state index in [1.807, 2.05) is 0 Å². The lowest BCUT2D eigenvalue weighted by Gasteiger charge is -2.44. The molecule has 0 saturated carbocycles. The van der Waals surface area contributed by atoms with Gasteiger partial charge >= 0.3 is 29.8 Å². The molecule has 2 heterocycles. The number of esters is 5. The van der Waals surface area contributed by atoms with E-state index in [2.05, 4.69) is 0 Å². The topological polar surface area (TPSA) is 192 Å². The summed E-state index contributed by atoms with van der Waals surface area (Å²) >= 11 is 18.1. The van der Waals surface area contributed by atoms with Crippen molar-refractivity contribution in [3.63, 3.8) is 0 Å². The second kappa shape index (κ2) is 22.4. The Kier molecular flexibility index (Phi) is 16.3. The van der Waals surface area contributed by atoms with E-state index in [4.69, 9.17) is 82.8 Å². The fourth-order valence-electron chi connectivity index (χ4n) is 7.10. The molecule has 67 heavy (non-hydrogen) atoms. The van der Waals surface area contributed by atoms with E-state index in [-0.39, 0.29) is 34.2 Å². The summed E-state index contributed by atoms with van der Waals surface area (Å²) < 4.78 is 52.1. The first-order chi connectivity index (χ1) is 32.2. The van der Waals surface area contributed by atoms with E-state index in [0.717, 1.165) is 0 Å². The van der Waals surface area contributed by atoms with Crippen LogP contribution in [-0.4, -0.2) is 101 Å². The fourth-order valence-corrected chi connectivity index (χ4v) is 7.23. The summed E-state index contributed by atoms with van der Waals surface area (Å²) in [6, 6.07) is 39.9. The van der Waals surface area contributed by atoms with Gasteiger partial charge in [-0.15, -0.1) is 0 Å². The van der Waals surface area contributed by atoms with Gasteiger partial charge < -0.3 is 42.6 Å². The molecule has 7 rings (SSSR count). The van der Waals surface area contributed by atoms with Crippen molar-refractivity contribution in [1.29, 1.82) is 5.41 Å². The molecule has 2 aliphatic heterocycles. The normalized spacial score (nSPS) is 23.7. The predicted octanol–water partition coefficient (Wildman–Crippen LogP) is 8.35. The molecule has 2 saturated heterocycles. The molecule has 1 N–H and O–H groups in total. The van der Waals surface area contributed by atoms with Gasteiger partial charge in [-0.25, -0.2) is 24.0 Å². The van der Waals surface area contributed by atoms with E-state index in [1.165, 1.54) is 60.7 Å². The molecule has 0 radical (unpaired) electrons. The smallest absolute Gasteiger partial charge is 0.338 e. The minimum Gasteiger partial charge on any atom is -0.454 e. The number of carbonyl (C=O) groups excluding carboxylic acids is 5. The second-order valence-electron chi connectivity index (χ2n) is 15.1. The van der Waals surface area contributed by atoms with Crippen molar-refractivity contribution in [3.05, 3.63) is 179 Å². The van der Waals surface area contributed by atoms with Gasteiger partial charge in [-0.1, -0.05) is 126 Å². The van der Waals surface area contributed by atoms with E-state index >= 15 is 0 Å². The molecule has 0 unspecified atom stereocenters. The number of rotatable bonds is 14. The quantitative estimate of drug-likeness (QED) is 0.0367. The standard InChI is InChI=1S/C49H42Cl3NO14/c1-29-37(63-42(55)31-19-9-3-10-20-31)39(65-44(57)33-23-13-5-14-24-33)40(66-45(58)34-25-15-6-16-26-34)46(60-29)59-28-35-27-36(62-41(54)30-17-7-2-8-18-30)38(47(61-35)67-48(53)49(50,51)52)64-43(56)32-21-11-4-12-22-32/h2-26,29,35-40,46-47,53H,27-28H2,1H3/t29-,35+,36+,37-,38-,39+,40-,46-,47+/m1/s1. The van der Waals surface area contributed by atoms with Gasteiger partial charge in [-0.3, -0.25) is 5.41 Å². The summed E-state index contributed by atoms with van der Waals surface area (Å²) in [5.41, 5.74) is 0.736. The Morgan fingerprint density at radius 3 is 1.25 bits per heavy atom. The van der Waals surface area contributed by atoms with Crippen molar-refractivity contribution in [2.24, 2.45) is 0 Å². The first-order valence-corrected chi connectivity index (χ1v) is 21.9. The average molecular weight is 975 g/mol. The SMILES string of the molecule is C[C@H]1O[C@@H](OC[C@@H]2C[C@H](OC(=O)c3ccccc3)[C@@H](OC(=O)c3ccccc3)[C@H](OC(=N)C(Cl)(Cl)Cl)O2)[C@H](OC(=O)c2ccccc2)[C@@H](OC(=O)c2ccccc2)[C@@H]1OC(=O)c1ccccc1. The lowest BCUT2D eigenvalue weighted by atomic mass is 9.98. The summed E-state index contributed by atoms with van der Waals surface area (Å²) in [5.74, 6) is -5.07. The Labute approximate surface area is 399 Å². The van der Waals surface area contributed by atoms with Crippen molar-refractivity contribution in [2.75, 3.05) is 6.61 Å². The van der Waals surface area contributed by atoms with Crippen molar-refractivity contribution >= 4 is 70.5 Å². The summed E-state index contributed by atoms with van der Waals surface area (Å²) in [6.45, 7) is 1.08. The Morgan fingerprint density at radius 2 is 0.851 bits per heavy atom. The molecule has 2 aliphatic rings. The molecule has 9 atom stereocenters. The maximum atomic E-state index is 13.8. The lowest BCUT2D eigenvalue weighted by molar-refractivity contribution is -0.306. The lowest BCUT2D eigenvalue weighted by Crippen LogP contribution is -2.62. The molecule has 15 nitrogen and oxygen atoms in total. The zero-order valence-electron chi connectivity index (χ0n) is 35.4. The highest BCUT2D eigenvalue weighted by Gasteiger charge is 2.53. The van der Waals surface area contributed by atoms with Gasteiger partial charge in [0.05, 0.1) is 46.6 Å². The second-order valence-corrected chi connectivity index (χ2v) is 17.4. The average Bonchev–Trinajstić information content (AvgIpc) is 3.34. The molecule has 5 aromatic carbocycles. The molecular formula is C49H42Cl3NO14. The van der Waals surface area contributed by atoms with Crippen LogP contribution in [0, 0.1) is 5.41 Å². The van der Waals surface area contributed by atoms with Gasteiger partial charge in [-0.2, -0.15) is 0 Å². The van der Waals surface area contributed by atoms with Crippen LogP contribution < -0.4 is 0 Å². The highest BCUT2D eigenvalue weighted by Crippen LogP contribution is 2.35. The molecule has 2 fully saturated rings. The highest BCUT2D eigenvalue weighted by atomic mass is 35.6. The monoisotopic (exact) mass is 973 g/mol. The number of benzene rings is 5. The number of hydrogen-bond acceptors (Lipinski definition) is 15. The molecule has 0 spiro atoms. The molecular weight excluding hydrogens is 933 g/mol. The highest BCUT2D eigenvalue weighted by molar-refractivity contribution is 6.76. The third-order valence-electron chi connectivity index (χ3n) is 10.4. The van der Waals surface area contributed by atoms with E-state index < -0.39 is 101 Å². The maximum Gasteiger partial charge on any atom is 0.338 e. The Bertz CT molecular complexity index is 2480. The fraction of sp³-hybridized carbons (Fsp3) is 0.265. The molecule has 0 bridgehead atoms. The van der Waals surface area contributed by atoms with Crippen LogP contribution in [-0.2, 0) is 42.6 Å². The number of ether oxygens (including phenoxy) is 9. The van der Waals surface area contributed by atoms with Gasteiger partial charge in [0.25, 0.3) is 3.79 Å². The molecule has 0 aromatic heterocycles. The molecule has 348 valence electrons. The summed E-state index contributed by atoms with van der Waals surface area (Å²) in [7, 11) is 0. The Balaban J connectivity index is 1.21. The number of hydrogen-bond donors (Lipinski definition) is 1.